The molecule has 1 aliphatic rings. The van der Waals surface area contributed by atoms with Crippen LogP contribution in [-0.4, -0.2) is 11.0 Å². The van der Waals surface area contributed by atoms with Crippen LogP contribution in [0, 0.1) is 11.3 Å². The standard InChI is InChI=1S/C13H16ClN3/c14-11-7-8-13(17-12(11)9-15)16-10-5-3-1-2-4-6-10/h7-8,10H,1-6H2,(H,16,17). The van der Waals surface area contributed by atoms with Crippen LogP contribution in [0.1, 0.15) is 44.2 Å². The summed E-state index contributed by atoms with van der Waals surface area (Å²) >= 11 is 5.85. The van der Waals surface area contributed by atoms with E-state index in [2.05, 4.69) is 10.3 Å². The molecule has 0 atom stereocenters. The van der Waals surface area contributed by atoms with Gasteiger partial charge in [0.15, 0.2) is 5.69 Å². The lowest BCUT2D eigenvalue weighted by Crippen LogP contribution is -2.19. The van der Waals surface area contributed by atoms with Crippen LogP contribution in [0.2, 0.25) is 5.02 Å². The Bertz CT molecular complexity index is 417. The highest BCUT2D eigenvalue weighted by Gasteiger charge is 2.13. The third kappa shape index (κ3) is 3.34. The van der Waals surface area contributed by atoms with Crippen LogP contribution in [0.3, 0.4) is 0 Å². The molecule has 1 heterocycles. The number of nitrogens with one attached hydrogen (secondary N) is 1. The zero-order chi connectivity index (χ0) is 12.1. The van der Waals surface area contributed by atoms with Crippen LogP contribution in [0.25, 0.3) is 0 Å². The van der Waals surface area contributed by atoms with E-state index in [-0.39, 0.29) is 0 Å². The molecule has 1 fully saturated rings. The summed E-state index contributed by atoms with van der Waals surface area (Å²) in [4.78, 5) is 4.21. The number of nitrogens with zero attached hydrogens (tertiary/aromatic N) is 2. The molecule has 17 heavy (non-hydrogen) atoms. The van der Waals surface area contributed by atoms with E-state index in [4.69, 9.17) is 16.9 Å². The van der Waals surface area contributed by atoms with Crippen LogP contribution >= 0.6 is 11.6 Å². The van der Waals surface area contributed by atoms with Gasteiger partial charge in [0.05, 0.1) is 5.02 Å². The Morgan fingerprint density at radius 1 is 1.24 bits per heavy atom. The van der Waals surface area contributed by atoms with Gasteiger partial charge in [-0.3, -0.25) is 0 Å². The van der Waals surface area contributed by atoms with E-state index in [1.54, 1.807) is 6.07 Å². The first-order valence-corrected chi connectivity index (χ1v) is 6.50. The molecule has 0 spiro atoms. The number of anilines is 1. The van der Waals surface area contributed by atoms with Crippen molar-refractivity contribution in [3.8, 4) is 6.07 Å². The first-order chi connectivity index (χ1) is 8.29. The normalized spacial score (nSPS) is 17.2. The molecule has 4 heteroatoms. The number of hydrogen-bond donors (Lipinski definition) is 1. The summed E-state index contributed by atoms with van der Waals surface area (Å²) in [6.07, 6.45) is 7.58. The molecule has 90 valence electrons. The van der Waals surface area contributed by atoms with Crippen molar-refractivity contribution < 1.29 is 0 Å². The first-order valence-electron chi connectivity index (χ1n) is 6.13. The molecule has 1 saturated carbocycles. The minimum atomic E-state index is 0.297. The van der Waals surface area contributed by atoms with Gasteiger partial charge >= 0.3 is 0 Å². The van der Waals surface area contributed by atoms with E-state index in [1.165, 1.54) is 38.5 Å². The molecule has 1 aromatic rings. The molecule has 3 nitrogen and oxygen atoms in total. The quantitative estimate of drug-likeness (QED) is 0.813. The molecular formula is C13H16ClN3. The summed E-state index contributed by atoms with van der Waals surface area (Å²) in [6.45, 7) is 0. The van der Waals surface area contributed by atoms with Crippen molar-refractivity contribution in [3.05, 3.63) is 22.8 Å². The summed E-state index contributed by atoms with van der Waals surface area (Å²) < 4.78 is 0. The second-order valence-electron chi connectivity index (χ2n) is 4.47. The number of hydrogen-bond acceptors (Lipinski definition) is 3. The first kappa shape index (κ1) is 12.2. The highest BCUT2D eigenvalue weighted by atomic mass is 35.5. The molecule has 0 aliphatic heterocycles. The van der Waals surface area contributed by atoms with E-state index < -0.39 is 0 Å². The van der Waals surface area contributed by atoms with Crippen molar-refractivity contribution in [2.75, 3.05) is 5.32 Å². The Balaban J connectivity index is 2.05. The molecule has 1 aliphatic carbocycles. The fourth-order valence-corrected chi connectivity index (χ4v) is 2.38. The molecular weight excluding hydrogens is 234 g/mol. The van der Waals surface area contributed by atoms with Crippen LogP contribution < -0.4 is 5.32 Å². The van der Waals surface area contributed by atoms with Gasteiger partial charge in [-0.1, -0.05) is 37.3 Å². The van der Waals surface area contributed by atoms with Gasteiger partial charge in [-0.25, -0.2) is 4.98 Å². The fraction of sp³-hybridized carbons (Fsp3) is 0.538. The van der Waals surface area contributed by atoms with Gasteiger partial charge in [-0.2, -0.15) is 5.26 Å². The summed E-state index contributed by atoms with van der Waals surface area (Å²) in [5, 5.41) is 12.7. The van der Waals surface area contributed by atoms with Crippen LogP contribution in [-0.2, 0) is 0 Å². The Kier molecular flexibility index (Phi) is 4.22. The maximum Gasteiger partial charge on any atom is 0.161 e. The third-order valence-electron chi connectivity index (χ3n) is 3.16. The van der Waals surface area contributed by atoms with E-state index in [0.29, 0.717) is 16.8 Å². The van der Waals surface area contributed by atoms with Crippen LogP contribution in [0.4, 0.5) is 5.82 Å². The van der Waals surface area contributed by atoms with Crippen molar-refractivity contribution in [3.63, 3.8) is 0 Å². The predicted molar refractivity (Wildman–Crippen MR) is 69.1 cm³/mol. The molecule has 0 aromatic carbocycles. The molecule has 0 radical (unpaired) electrons. The molecule has 0 amide bonds. The number of rotatable bonds is 2. The molecule has 2 rings (SSSR count). The van der Waals surface area contributed by atoms with Crippen molar-refractivity contribution >= 4 is 17.4 Å². The van der Waals surface area contributed by atoms with Gasteiger partial charge in [0.1, 0.15) is 11.9 Å². The number of aromatic nitrogens is 1. The largest absolute Gasteiger partial charge is 0.367 e. The molecule has 1 aromatic heterocycles. The van der Waals surface area contributed by atoms with Gasteiger partial charge in [-0.15, -0.1) is 0 Å². The zero-order valence-electron chi connectivity index (χ0n) is 9.75. The van der Waals surface area contributed by atoms with Gasteiger partial charge in [0.25, 0.3) is 0 Å². The Morgan fingerprint density at radius 3 is 2.59 bits per heavy atom. The fourth-order valence-electron chi connectivity index (χ4n) is 2.23. The van der Waals surface area contributed by atoms with Crippen molar-refractivity contribution in [1.29, 1.82) is 5.26 Å². The smallest absolute Gasteiger partial charge is 0.161 e. The minimum Gasteiger partial charge on any atom is -0.367 e. The lowest BCUT2D eigenvalue weighted by molar-refractivity contribution is 0.617. The molecule has 0 unspecified atom stereocenters. The van der Waals surface area contributed by atoms with E-state index in [0.717, 1.165) is 5.82 Å². The van der Waals surface area contributed by atoms with Crippen molar-refractivity contribution in [1.82, 2.24) is 4.98 Å². The minimum absolute atomic E-state index is 0.297. The van der Waals surface area contributed by atoms with E-state index in [9.17, 15) is 0 Å². The van der Waals surface area contributed by atoms with Gasteiger partial charge in [0.2, 0.25) is 0 Å². The highest BCUT2D eigenvalue weighted by molar-refractivity contribution is 6.31. The molecule has 1 N–H and O–H groups in total. The summed E-state index contributed by atoms with van der Waals surface area (Å²) in [6, 6.07) is 6.06. The number of nitriles is 1. The summed E-state index contributed by atoms with van der Waals surface area (Å²) in [5.74, 6) is 0.762. The summed E-state index contributed by atoms with van der Waals surface area (Å²) in [5.41, 5.74) is 0.297. The highest BCUT2D eigenvalue weighted by Crippen LogP contribution is 2.22. The molecule has 0 saturated heterocycles. The number of halogens is 1. The van der Waals surface area contributed by atoms with E-state index >= 15 is 0 Å². The Morgan fingerprint density at radius 2 is 1.94 bits per heavy atom. The average Bonchev–Trinajstić information content (AvgIpc) is 2.60. The maximum atomic E-state index is 8.87. The van der Waals surface area contributed by atoms with Gasteiger partial charge in [-0.05, 0) is 25.0 Å². The zero-order valence-corrected chi connectivity index (χ0v) is 10.5. The predicted octanol–water partition coefficient (Wildman–Crippen LogP) is 3.74. The van der Waals surface area contributed by atoms with Gasteiger partial charge in [0, 0.05) is 6.04 Å². The van der Waals surface area contributed by atoms with Crippen LogP contribution in [0.15, 0.2) is 12.1 Å². The Hall–Kier alpha value is -1.27. The van der Waals surface area contributed by atoms with Crippen molar-refractivity contribution in [2.24, 2.45) is 0 Å². The Labute approximate surface area is 107 Å². The molecule has 0 bridgehead atoms. The SMILES string of the molecule is N#Cc1nc(NC2CCCCCC2)ccc1Cl. The summed E-state index contributed by atoms with van der Waals surface area (Å²) in [7, 11) is 0. The lowest BCUT2D eigenvalue weighted by Gasteiger charge is -2.16. The van der Waals surface area contributed by atoms with Crippen LogP contribution in [0.5, 0.6) is 0 Å². The van der Waals surface area contributed by atoms with Crippen molar-refractivity contribution in [2.45, 2.75) is 44.6 Å². The average molecular weight is 250 g/mol. The lowest BCUT2D eigenvalue weighted by atomic mass is 10.1. The monoisotopic (exact) mass is 249 g/mol. The van der Waals surface area contributed by atoms with E-state index in [1.807, 2.05) is 12.1 Å². The second-order valence-corrected chi connectivity index (χ2v) is 4.88. The van der Waals surface area contributed by atoms with Gasteiger partial charge < -0.3 is 5.32 Å². The maximum absolute atomic E-state index is 8.87. The second kappa shape index (κ2) is 5.88. The topological polar surface area (TPSA) is 48.7 Å². The number of pyridine rings is 1. The third-order valence-corrected chi connectivity index (χ3v) is 3.46.